The van der Waals surface area contributed by atoms with Crippen LogP contribution in [0.15, 0.2) is 12.1 Å². The van der Waals surface area contributed by atoms with Crippen LogP contribution in [0.4, 0.5) is 0 Å². The highest BCUT2D eigenvalue weighted by atomic mass is 35.5. The Labute approximate surface area is 86.6 Å². The zero-order chi connectivity index (χ0) is 9.97. The summed E-state index contributed by atoms with van der Waals surface area (Å²) in [6.07, 6.45) is 1.12. The van der Waals surface area contributed by atoms with Gasteiger partial charge in [-0.1, -0.05) is 11.6 Å². The first-order valence-corrected chi connectivity index (χ1v) is 4.70. The molecule has 4 heteroatoms. The van der Waals surface area contributed by atoms with E-state index in [0.717, 1.165) is 11.8 Å². The fourth-order valence-electron chi connectivity index (χ4n) is 1.35. The molecule has 0 N–H and O–H groups in total. The number of hydrogen-bond acceptors (Lipinski definition) is 3. The highest BCUT2D eigenvalue weighted by Crippen LogP contribution is 2.35. The fraction of sp³-hybridized carbons (Fsp3) is 0.300. The van der Waals surface area contributed by atoms with E-state index >= 15 is 0 Å². The van der Waals surface area contributed by atoms with E-state index < -0.39 is 0 Å². The van der Waals surface area contributed by atoms with Gasteiger partial charge in [-0.05, 0) is 11.6 Å². The second kappa shape index (κ2) is 3.88. The molecule has 1 aliphatic rings. The molecule has 0 spiro atoms. The van der Waals surface area contributed by atoms with Gasteiger partial charge in [-0.25, -0.2) is 0 Å². The lowest BCUT2D eigenvalue weighted by atomic mass is 10.1. The summed E-state index contributed by atoms with van der Waals surface area (Å²) >= 11 is 5.95. The van der Waals surface area contributed by atoms with Gasteiger partial charge in [0.1, 0.15) is 19.5 Å². The first kappa shape index (κ1) is 9.34. The molecule has 0 fully saturated rings. The number of aldehydes is 1. The summed E-state index contributed by atoms with van der Waals surface area (Å²) in [5.41, 5.74) is 0.769. The summed E-state index contributed by atoms with van der Waals surface area (Å²) in [6, 6.07) is 3.44. The Morgan fingerprint density at radius 2 is 1.93 bits per heavy atom. The minimum atomic E-state index is 0.301. The molecule has 1 heterocycles. The van der Waals surface area contributed by atoms with Crippen molar-refractivity contribution in [3.8, 4) is 11.5 Å². The Bertz CT molecular complexity index is 363. The third kappa shape index (κ3) is 1.68. The minimum absolute atomic E-state index is 0.301. The Hall–Kier alpha value is -1.22. The van der Waals surface area contributed by atoms with Crippen LogP contribution in [-0.4, -0.2) is 19.5 Å². The molecule has 14 heavy (non-hydrogen) atoms. The van der Waals surface area contributed by atoms with E-state index in [9.17, 15) is 4.79 Å². The van der Waals surface area contributed by atoms with Gasteiger partial charge in [-0.3, -0.25) is 0 Å². The third-order valence-corrected chi connectivity index (χ3v) is 2.37. The minimum Gasteiger partial charge on any atom is -0.486 e. The van der Waals surface area contributed by atoms with Crippen molar-refractivity contribution >= 4 is 17.9 Å². The van der Waals surface area contributed by atoms with Crippen molar-refractivity contribution in [2.45, 2.75) is 6.42 Å². The molecule has 1 aliphatic heterocycles. The van der Waals surface area contributed by atoms with Crippen molar-refractivity contribution < 1.29 is 14.3 Å². The molecular weight excluding hydrogens is 204 g/mol. The molecule has 3 nitrogen and oxygen atoms in total. The fourth-order valence-corrected chi connectivity index (χ4v) is 1.58. The van der Waals surface area contributed by atoms with Gasteiger partial charge in [0.05, 0.1) is 0 Å². The largest absolute Gasteiger partial charge is 0.486 e. The number of fused-ring (bicyclic) bond motifs is 1. The molecule has 0 saturated heterocycles. The number of carbonyl (C=O) groups excluding carboxylic acids is 1. The predicted octanol–water partition coefficient (Wildman–Crippen LogP) is 1.85. The zero-order valence-electron chi connectivity index (χ0n) is 7.46. The van der Waals surface area contributed by atoms with Crippen LogP contribution in [0.2, 0.25) is 5.02 Å². The maximum Gasteiger partial charge on any atom is 0.162 e. The molecule has 0 bridgehead atoms. The standard InChI is InChI=1S/C10H9ClO3/c11-8-6-10-9(13-3-4-14-10)5-7(8)1-2-12/h2,5-6H,1,3-4H2. The van der Waals surface area contributed by atoms with Crippen molar-refractivity contribution in [1.29, 1.82) is 0 Å². The van der Waals surface area contributed by atoms with Crippen LogP contribution < -0.4 is 9.47 Å². The lowest BCUT2D eigenvalue weighted by Crippen LogP contribution is -2.15. The topological polar surface area (TPSA) is 35.5 Å². The number of hydrogen-bond donors (Lipinski definition) is 0. The Morgan fingerprint density at radius 3 is 2.57 bits per heavy atom. The van der Waals surface area contributed by atoms with Gasteiger partial charge in [0.25, 0.3) is 0 Å². The third-order valence-electron chi connectivity index (χ3n) is 2.01. The zero-order valence-corrected chi connectivity index (χ0v) is 8.21. The first-order valence-electron chi connectivity index (χ1n) is 4.33. The lowest BCUT2D eigenvalue weighted by molar-refractivity contribution is -0.107. The quantitative estimate of drug-likeness (QED) is 0.702. The van der Waals surface area contributed by atoms with Gasteiger partial charge in [-0.15, -0.1) is 0 Å². The molecule has 0 aliphatic carbocycles. The lowest BCUT2D eigenvalue weighted by Gasteiger charge is -2.19. The van der Waals surface area contributed by atoms with Gasteiger partial charge in [0.2, 0.25) is 0 Å². The Morgan fingerprint density at radius 1 is 1.29 bits per heavy atom. The molecule has 0 radical (unpaired) electrons. The highest BCUT2D eigenvalue weighted by molar-refractivity contribution is 6.31. The average Bonchev–Trinajstić information content (AvgIpc) is 2.19. The summed E-state index contributed by atoms with van der Waals surface area (Å²) in [5, 5.41) is 0.543. The summed E-state index contributed by atoms with van der Waals surface area (Å²) < 4.78 is 10.7. The first-order chi connectivity index (χ1) is 6.81. The average molecular weight is 213 g/mol. The Balaban J connectivity index is 2.40. The molecule has 0 atom stereocenters. The van der Waals surface area contributed by atoms with Crippen LogP contribution in [0, 0.1) is 0 Å². The van der Waals surface area contributed by atoms with E-state index in [0.29, 0.717) is 36.2 Å². The molecule has 1 aromatic rings. The van der Waals surface area contributed by atoms with Crippen LogP contribution in [-0.2, 0) is 11.2 Å². The molecule has 0 saturated carbocycles. The number of ether oxygens (including phenoxy) is 2. The second-order valence-electron chi connectivity index (χ2n) is 2.96. The van der Waals surface area contributed by atoms with Crippen LogP contribution >= 0.6 is 11.6 Å². The van der Waals surface area contributed by atoms with Gasteiger partial charge in [0.15, 0.2) is 11.5 Å². The summed E-state index contributed by atoms with van der Waals surface area (Å²) in [7, 11) is 0. The van der Waals surface area contributed by atoms with E-state index in [1.165, 1.54) is 0 Å². The van der Waals surface area contributed by atoms with E-state index in [-0.39, 0.29) is 0 Å². The van der Waals surface area contributed by atoms with Crippen molar-refractivity contribution in [2.75, 3.05) is 13.2 Å². The normalized spacial score (nSPS) is 13.8. The van der Waals surface area contributed by atoms with Crippen LogP contribution in [0.3, 0.4) is 0 Å². The van der Waals surface area contributed by atoms with Crippen molar-refractivity contribution in [3.05, 3.63) is 22.7 Å². The smallest absolute Gasteiger partial charge is 0.162 e. The summed E-state index contributed by atoms with van der Waals surface area (Å²) in [4.78, 5) is 10.4. The Kier molecular flexibility index (Phi) is 2.59. The van der Waals surface area contributed by atoms with Gasteiger partial charge < -0.3 is 14.3 Å². The van der Waals surface area contributed by atoms with Crippen molar-refractivity contribution in [3.63, 3.8) is 0 Å². The molecule has 74 valence electrons. The summed E-state index contributed by atoms with van der Waals surface area (Å²) in [5.74, 6) is 1.31. The second-order valence-corrected chi connectivity index (χ2v) is 3.37. The van der Waals surface area contributed by atoms with Crippen LogP contribution in [0.25, 0.3) is 0 Å². The SMILES string of the molecule is O=CCc1cc2c(cc1Cl)OCCO2. The maximum atomic E-state index is 10.4. The van der Waals surface area contributed by atoms with Gasteiger partial charge in [-0.2, -0.15) is 0 Å². The van der Waals surface area contributed by atoms with E-state index in [4.69, 9.17) is 21.1 Å². The molecule has 0 unspecified atom stereocenters. The van der Waals surface area contributed by atoms with E-state index in [2.05, 4.69) is 0 Å². The van der Waals surface area contributed by atoms with Gasteiger partial charge >= 0.3 is 0 Å². The van der Waals surface area contributed by atoms with E-state index in [1.807, 2.05) is 0 Å². The van der Waals surface area contributed by atoms with Gasteiger partial charge in [0, 0.05) is 17.5 Å². The predicted molar refractivity (Wildman–Crippen MR) is 52.2 cm³/mol. The molecule has 2 rings (SSSR count). The van der Waals surface area contributed by atoms with Crippen molar-refractivity contribution in [1.82, 2.24) is 0 Å². The van der Waals surface area contributed by atoms with E-state index in [1.54, 1.807) is 12.1 Å². The number of carbonyl (C=O) groups is 1. The number of benzene rings is 1. The van der Waals surface area contributed by atoms with Crippen LogP contribution in [0.1, 0.15) is 5.56 Å². The van der Waals surface area contributed by atoms with Crippen molar-refractivity contribution in [2.24, 2.45) is 0 Å². The molecule has 0 aromatic heterocycles. The maximum absolute atomic E-state index is 10.4. The summed E-state index contributed by atoms with van der Waals surface area (Å²) in [6.45, 7) is 1.07. The molecule has 1 aromatic carbocycles. The van der Waals surface area contributed by atoms with Crippen LogP contribution in [0.5, 0.6) is 11.5 Å². The molecule has 0 amide bonds. The highest BCUT2D eigenvalue weighted by Gasteiger charge is 2.14. The number of rotatable bonds is 2. The molecular formula is C10H9ClO3. The monoisotopic (exact) mass is 212 g/mol. The number of halogens is 1.